The molecule has 0 aliphatic heterocycles. The van der Waals surface area contributed by atoms with Crippen molar-refractivity contribution in [1.29, 1.82) is 0 Å². The van der Waals surface area contributed by atoms with Gasteiger partial charge in [-0.1, -0.05) is 32.0 Å². The summed E-state index contributed by atoms with van der Waals surface area (Å²) < 4.78 is 4.88. The fourth-order valence-corrected chi connectivity index (χ4v) is 5.78. The summed E-state index contributed by atoms with van der Waals surface area (Å²) in [5, 5.41) is 6.88. The lowest BCUT2D eigenvalue weighted by Crippen LogP contribution is -2.29. The molecule has 2 heteroatoms. The van der Waals surface area contributed by atoms with Crippen LogP contribution in [-0.4, -0.2) is 4.40 Å². The quantitative estimate of drug-likeness (QED) is 0.168. The standard InChI is InChI=1S/C29H29N2/c1-16(2)12-20-14-21-10-11-30(6)29-26-19(5)18(4)13-22-25-17(3)8-7-9-23(25)31(28(22)26)24(15-20)27(21)29/h7-11,13-16H,12H2,1-6H3/q+1. The Bertz CT molecular complexity index is 1660. The third-order valence-corrected chi connectivity index (χ3v) is 7.20. The van der Waals surface area contributed by atoms with Gasteiger partial charge in [0, 0.05) is 16.8 Å². The molecule has 3 heterocycles. The van der Waals surface area contributed by atoms with E-state index in [9.17, 15) is 0 Å². The SMILES string of the molecule is Cc1cc2c3c(C)cccc3n3c4cc(CC(C)C)cc5cc[n+](C)c(c(c1C)c23)c54. The molecule has 2 nitrogen and oxygen atoms in total. The molecule has 0 spiro atoms. The van der Waals surface area contributed by atoms with E-state index in [0.29, 0.717) is 5.92 Å². The largest absolute Gasteiger partial charge is 0.307 e. The molecule has 0 saturated carbocycles. The van der Waals surface area contributed by atoms with Gasteiger partial charge in [0.15, 0.2) is 6.20 Å². The van der Waals surface area contributed by atoms with Gasteiger partial charge in [-0.3, -0.25) is 0 Å². The second-order valence-corrected chi connectivity index (χ2v) is 9.85. The summed E-state index contributed by atoms with van der Waals surface area (Å²) in [6.07, 6.45) is 3.33. The molecule has 0 amide bonds. The van der Waals surface area contributed by atoms with Crippen molar-refractivity contribution in [1.82, 2.24) is 4.40 Å². The summed E-state index contributed by atoms with van der Waals surface area (Å²) in [5.74, 6) is 0.633. The Hall–Kier alpha value is -3.13. The van der Waals surface area contributed by atoms with Gasteiger partial charge in [0.1, 0.15) is 7.05 Å². The summed E-state index contributed by atoms with van der Waals surface area (Å²) in [6, 6.07) is 16.3. The number of hydrogen-bond donors (Lipinski definition) is 0. The van der Waals surface area contributed by atoms with Crippen molar-refractivity contribution >= 4 is 49.0 Å². The number of hydrogen-bond acceptors (Lipinski definition) is 0. The van der Waals surface area contributed by atoms with Crippen LogP contribution in [0.15, 0.2) is 48.7 Å². The topological polar surface area (TPSA) is 8.29 Å². The van der Waals surface area contributed by atoms with E-state index in [1.54, 1.807) is 0 Å². The third-order valence-electron chi connectivity index (χ3n) is 7.20. The Labute approximate surface area is 183 Å². The van der Waals surface area contributed by atoms with Crippen LogP contribution in [0.4, 0.5) is 0 Å². The van der Waals surface area contributed by atoms with E-state index in [1.807, 2.05) is 0 Å². The van der Waals surface area contributed by atoms with Crippen molar-refractivity contribution in [2.24, 2.45) is 13.0 Å². The van der Waals surface area contributed by atoms with Crippen molar-refractivity contribution in [2.75, 3.05) is 0 Å². The van der Waals surface area contributed by atoms with Crippen molar-refractivity contribution in [3.8, 4) is 0 Å². The van der Waals surface area contributed by atoms with Gasteiger partial charge in [0.25, 0.3) is 0 Å². The van der Waals surface area contributed by atoms with Crippen LogP contribution in [0.5, 0.6) is 0 Å². The first-order valence-electron chi connectivity index (χ1n) is 11.4. The number of benzene rings is 3. The highest BCUT2D eigenvalue weighted by molar-refractivity contribution is 6.26. The zero-order valence-electron chi connectivity index (χ0n) is 19.3. The number of fused-ring (bicyclic) bond motifs is 5. The minimum atomic E-state index is 0.633. The second-order valence-electron chi connectivity index (χ2n) is 9.85. The molecule has 0 unspecified atom stereocenters. The van der Waals surface area contributed by atoms with Gasteiger partial charge in [0.05, 0.1) is 27.3 Å². The smallest absolute Gasteiger partial charge is 0.224 e. The molecule has 3 aromatic heterocycles. The van der Waals surface area contributed by atoms with E-state index in [2.05, 4.69) is 99.3 Å². The van der Waals surface area contributed by atoms with E-state index in [4.69, 9.17) is 0 Å². The average molecular weight is 406 g/mol. The Morgan fingerprint density at radius 1 is 0.871 bits per heavy atom. The predicted molar refractivity (Wildman–Crippen MR) is 133 cm³/mol. The highest BCUT2D eigenvalue weighted by atomic mass is 15.0. The van der Waals surface area contributed by atoms with E-state index >= 15 is 0 Å². The molecule has 0 bridgehead atoms. The maximum Gasteiger partial charge on any atom is 0.224 e. The van der Waals surface area contributed by atoms with Crippen LogP contribution in [0.25, 0.3) is 49.0 Å². The van der Waals surface area contributed by atoms with Crippen LogP contribution in [-0.2, 0) is 13.5 Å². The van der Waals surface area contributed by atoms with E-state index in [0.717, 1.165) is 6.42 Å². The molecule has 6 aromatic rings. The number of aromatic nitrogens is 2. The summed E-state index contributed by atoms with van der Waals surface area (Å²) in [6.45, 7) is 11.4. The van der Waals surface area contributed by atoms with Crippen LogP contribution in [0, 0.1) is 26.7 Å². The Balaban J connectivity index is 2.04. The zero-order chi connectivity index (χ0) is 21.6. The molecule has 3 aromatic carbocycles. The molecule has 6 rings (SSSR count). The van der Waals surface area contributed by atoms with Crippen LogP contribution in [0.3, 0.4) is 0 Å². The van der Waals surface area contributed by atoms with Gasteiger partial charge in [-0.2, -0.15) is 0 Å². The number of rotatable bonds is 2. The molecule has 0 radical (unpaired) electrons. The zero-order valence-corrected chi connectivity index (χ0v) is 19.3. The fourth-order valence-electron chi connectivity index (χ4n) is 5.78. The van der Waals surface area contributed by atoms with Crippen LogP contribution < -0.4 is 4.57 Å². The van der Waals surface area contributed by atoms with Crippen LogP contribution >= 0.6 is 0 Å². The molecule has 0 saturated heterocycles. The number of nitrogens with zero attached hydrogens (tertiary/aromatic N) is 2. The van der Waals surface area contributed by atoms with E-state index in [-0.39, 0.29) is 0 Å². The Kier molecular flexibility index (Phi) is 3.72. The number of aryl methyl sites for hydroxylation is 4. The molecule has 31 heavy (non-hydrogen) atoms. The van der Waals surface area contributed by atoms with Gasteiger partial charge in [-0.25, -0.2) is 4.57 Å². The van der Waals surface area contributed by atoms with Crippen LogP contribution in [0.1, 0.15) is 36.1 Å². The summed E-state index contributed by atoms with van der Waals surface area (Å²) in [5.41, 5.74) is 10.9. The van der Waals surface area contributed by atoms with Crippen LogP contribution in [0.2, 0.25) is 0 Å². The lowest BCUT2D eigenvalue weighted by molar-refractivity contribution is -0.643. The highest BCUT2D eigenvalue weighted by Gasteiger charge is 2.25. The molecular formula is C29H29N2+. The summed E-state index contributed by atoms with van der Waals surface area (Å²) in [7, 11) is 2.19. The van der Waals surface area contributed by atoms with E-state index < -0.39 is 0 Å². The first-order chi connectivity index (χ1) is 14.9. The molecule has 154 valence electrons. The Morgan fingerprint density at radius 2 is 1.68 bits per heavy atom. The maximum absolute atomic E-state index is 2.55. The van der Waals surface area contributed by atoms with Gasteiger partial charge < -0.3 is 4.40 Å². The molecule has 0 aliphatic carbocycles. The van der Waals surface area contributed by atoms with Crippen molar-refractivity contribution in [3.63, 3.8) is 0 Å². The van der Waals surface area contributed by atoms with Crippen molar-refractivity contribution in [3.05, 3.63) is 70.9 Å². The lowest BCUT2D eigenvalue weighted by atomic mass is 9.94. The molecule has 0 fully saturated rings. The highest BCUT2D eigenvalue weighted by Crippen LogP contribution is 2.42. The minimum Gasteiger partial charge on any atom is -0.307 e. The first-order valence-corrected chi connectivity index (χ1v) is 11.4. The molecule has 0 N–H and O–H groups in total. The molecule has 0 aliphatic rings. The summed E-state index contributed by atoms with van der Waals surface area (Å²) in [4.78, 5) is 0. The van der Waals surface area contributed by atoms with Gasteiger partial charge in [-0.15, -0.1) is 0 Å². The predicted octanol–water partition coefficient (Wildman–Crippen LogP) is 6.94. The monoisotopic (exact) mass is 405 g/mol. The molecular weight excluding hydrogens is 376 g/mol. The average Bonchev–Trinajstić information content (AvgIpc) is 3.05. The van der Waals surface area contributed by atoms with Gasteiger partial charge >= 0.3 is 0 Å². The Morgan fingerprint density at radius 3 is 2.45 bits per heavy atom. The van der Waals surface area contributed by atoms with Gasteiger partial charge in [-0.05, 0) is 78.9 Å². The third kappa shape index (κ3) is 2.36. The maximum atomic E-state index is 2.55. The minimum absolute atomic E-state index is 0.633. The first kappa shape index (κ1) is 18.6. The molecule has 0 atom stereocenters. The van der Waals surface area contributed by atoms with E-state index in [1.165, 1.54) is 71.3 Å². The van der Waals surface area contributed by atoms with Crippen molar-refractivity contribution < 1.29 is 4.57 Å². The second kappa shape index (κ2) is 6.20. The number of pyridine rings is 2. The van der Waals surface area contributed by atoms with Gasteiger partial charge in [0.2, 0.25) is 5.52 Å². The summed E-state index contributed by atoms with van der Waals surface area (Å²) >= 11 is 0. The fraction of sp³-hybridized carbons (Fsp3) is 0.276. The van der Waals surface area contributed by atoms with Crippen molar-refractivity contribution in [2.45, 2.75) is 41.0 Å². The lowest BCUT2D eigenvalue weighted by Gasteiger charge is -2.16. The normalized spacial score (nSPS) is 12.6.